The molecule has 4 rings (SSSR count). The molecule has 0 spiro atoms. The van der Waals surface area contributed by atoms with E-state index in [1.807, 2.05) is 0 Å². The van der Waals surface area contributed by atoms with Crippen molar-refractivity contribution in [3.8, 4) is 0 Å². The molecule has 22 heteroatoms. The predicted octanol–water partition coefficient (Wildman–Crippen LogP) is 0.522. The summed E-state index contributed by atoms with van der Waals surface area (Å²) in [5.74, 6) is 0.0286. The van der Waals surface area contributed by atoms with Crippen LogP contribution < -0.4 is 5.73 Å². The largest absolute Gasteiger partial charge is 0.490 e. The lowest BCUT2D eigenvalue weighted by Crippen LogP contribution is -2.33. The van der Waals surface area contributed by atoms with Gasteiger partial charge in [0.25, 0.3) is 0 Å². The van der Waals surface area contributed by atoms with Crippen molar-refractivity contribution in [1.82, 2.24) is 19.5 Å². The zero-order valence-corrected chi connectivity index (χ0v) is 22.1. The second kappa shape index (κ2) is 11.0. The average Bonchev–Trinajstić information content (AvgIpc) is 3.28. The van der Waals surface area contributed by atoms with Crippen LogP contribution in [0.1, 0.15) is 6.23 Å². The molecule has 2 aromatic heterocycles. The van der Waals surface area contributed by atoms with Gasteiger partial charge in [0, 0.05) is 4.90 Å². The Bertz CT molecular complexity index is 1460. The molecule has 1 fully saturated rings. The quantitative estimate of drug-likeness (QED) is 0.153. The number of fused-ring (bicyclic) bond motifs is 1. The SMILES string of the molecule is Nc1ncnc2c1nc(Sc1ccccc1)n2C1O[C@H](COP(=O)(O)OP(=O)(O)OP(=O)(O)O)[C@@H](O)[C@H]1O. The number of ether oxygens (including phenoxy) is 1. The predicted molar refractivity (Wildman–Crippen MR) is 126 cm³/mol. The molecule has 0 radical (unpaired) electrons. The first-order chi connectivity index (χ1) is 17.7. The summed E-state index contributed by atoms with van der Waals surface area (Å²) in [6.45, 7) is -0.983. The summed E-state index contributed by atoms with van der Waals surface area (Å²) < 4.78 is 53.1. The number of benzene rings is 1. The van der Waals surface area contributed by atoms with E-state index < -0.39 is 54.6 Å². The number of phosphoric ester groups is 1. The minimum atomic E-state index is -5.74. The van der Waals surface area contributed by atoms with Crippen LogP contribution in [-0.4, -0.2) is 74.2 Å². The van der Waals surface area contributed by atoms with Crippen LogP contribution in [-0.2, 0) is 31.6 Å². The first-order valence-corrected chi connectivity index (χ1v) is 15.5. The maximum absolute atomic E-state index is 12.0. The number of nitrogens with zero attached hydrogens (tertiary/aromatic N) is 4. The molecule has 8 N–H and O–H groups in total. The van der Waals surface area contributed by atoms with Gasteiger partial charge in [-0.15, -0.1) is 0 Å². The molecule has 0 bridgehead atoms. The van der Waals surface area contributed by atoms with E-state index in [4.69, 9.17) is 20.3 Å². The maximum Gasteiger partial charge on any atom is 0.490 e. The highest BCUT2D eigenvalue weighted by Gasteiger charge is 2.47. The zero-order valence-electron chi connectivity index (χ0n) is 18.6. The van der Waals surface area contributed by atoms with Crippen molar-refractivity contribution in [2.24, 2.45) is 0 Å². The number of aliphatic hydroxyl groups excluding tert-OH is 2. The zero-order chi connectivity index (χ0) is 27.9. The van der Waals surface area contributed by atoms with E-state index in [1.165, 1.54) is 4.57 Å². The van der Waals surface area contributed by atoms with Crippen LogP contribution >= 0.6 is 35.2 Å². The van der Waals surface area contributed by atoms with Crippen molar-refractivity contribution in [2.75, 3.05) is 12.3 Å². The number of aromatic nitrogens is 4. The number of aliphatic hydroxyl groups is 2. The average molecular weight is 615 g/mol. The maximum atomic E-state index is 12.0. The molecule has 18 nitrogen and oxygen atoms in total. The Kier molecular flexibility index (Phi) is 8.45. The van der Waals surface area contributed by atoms with Gasteiger partial charge in [-0.05, 0) is 12.1 Å². The van der Waals surface area contributed by atoms with E-state index in [0.717, 1.165) is 23.0 Å². The summed E-state index contributed by atoms with van der Waals surface area (Å²) in [5.41, 5.74) is 6.23. The summed E-state index contributed by atoms with van der Waals surface area (Å²) in [6, 6.07) is 8.95. The number of anilines is 1. The summed E-state index contributed by atoms with van der Waals surface area (Å²) >= 11 is 1.15. The van der Waals surface area contributed by atoms with Gasteiger partial charge in [0.15, 0.2) is 28.4 Å². The van der Waals surface area contributed by atoms with Crippen molar-refractivity contribution in [2.45, 2.75) is 34.6 Å². The molecule has 3 unspecified atom stereocenters. The molecule has 0 amide bonds. The molecule has 208 valence electrons. The fourth-order valence-corrected chi connectivity index (χ4v) is 7.31. The van der Waals surface area contributed by atoms with Crippen molar-refractivity contribution in [3.63, 3.8) is 0 Å². The third-order valence-corrected chi connectivity index (χ3v) is 9.62. The Morgan fingerprint density at radius 3 is 2.34 bits per heavy atom. The molecule has 3 aromatic rings. The summed E-state index contributed by atoms with van der Waals surface area (Å²) in [6.07, 6.45) is -5.11. The molecule has 1 saturated heterocycles. The lowest BCUT2D eigenvalue weighted by molar-refractivity contribution is -0.0540. The second-order valence-electron chi connectivity index (χ2n) is 7.54. The van der Waals surface area contributed by atoms with Crippen LogP contribution in [0.2, 0.25) is 0 Å². The van der Waals surface area contributed by atoms with Gasteiger partial charge in [0.05, 0.1) is 6.61 Å². The fraction of sp³-hybridized carbons (Fsp3) is 0.312. The van der Waals surface area contributed by atoms with E-state index in [1.54, 1.807) is 30.3 Å². The van der Waals surface area contributed by atoms with Crippen LogP contribution in [0.15, 0.2) is 46.7 Å². The minimum Gasteiger partial charge on any atom is -0.387 e. The van der Waals surface area contributed by atoms with Crippen LogP contribution in [0, 0.1) is 0 Å². The number of hydrogen-bond donors (Lipinski definition) is 7. The van der Waals surface area contributed by atoms with E-state index in [0.29, 0.717) is 0 Å². The number of imidazole rings is 1. The number of rotatable bonds is 10. The molecule has 1 aromatic carbocycles. The van der Waals surface area contributed by atoms with Gasteiger partial charge in [-0.2, -0.15) is 8.62 Å². The molecular weight excluding hydrogens is 595 g/mol. The molecular formula is C16H20N5O13P3S. The Balaban J connectivity index is 1.56. The van der Waals surface area contributed by atoms with Gasteiger partial charge in [-0.1, -0.05) is 30.0 Å². The Labute approximate surface area is 216 Å². The van der Waals surface area contributed by atoms with Crippen molar-refractivity contribution >= 4 is 52.2 Å². The van der Waals surface area contributed by atoms with Crippen LogP contribution in [0.3, 0.4) is 0 Å². The topological polar surface area (TPSA) is 279 Å². The summed E-state index contributed by atoms with van der Waals surface area (Å²) in [7, 11) is -16.8. The summed E-state index contributed by atoms with van der Waals surface area (Å²) in [5, 5.41) is 21.5. The fourth-order valence-electron chi connectivity index (χ4n) is 3.35. The third kappa shape index (κ3) is 6.85. The van der Waals surface area contributed by atoms with Gasteiger partial charge < -0.3 is 40.3 Å². The Morgan fingerprint density at radius 1 is 1.00 bits per heavy atom. The highest BCUT2D eigenvalue weighted by molar-refractivity contribution is 7.99. The molecule has 0 saturated carbocycles. The molecule has 6 atom stereocenters. The van der Waals surface area contributed by atoms with Crippen molar-refractivity contribution in [1.29, 1.82) is 0 Å². The molecule has 1 aliphatic heterocycles. The van der Waals surface area contributed by atoms with Gasteiger partial charge in [-0.25, -0.2) is 28.6 Å². The molecule has 38 heavy (non-hydrogen) atoms. The first kappa shape index (κ1) is 29.2. The Morgan fingerprint density at radius 2 is 1.68 bits per heavy atom. The van der Waals surface area contributed by atoms with Gasteiger partial charge >= 0.3 is 23.5 Å². The van der Waals surface area contributed by atoms with Gasteiger partial charge in [-0.3, -0.25) is 9.09 Å². The standard InChI is InChI=1S/C16H20N5O13P3S/c17-13-10-14(19-7-18-13)21(16(20-10)38-8-4-2-1-3-5-8)15-12(23)11(22)9(32-15)6-31-36(27,28)34-37(29,30)33-35(24,25)26/h1-5,7,9,11-12,15,22-23H,6H2,(H,27,28)(H,29,30)(H2,17,18,19)(H2,24,25,26)/t9-,11-,12-,15?/m1/s1. The first-order valence-electron chi connectivity index (χ1n) is 10.2. The van der Waals surface area contributed by atoms with Crippen LogP contribution in [0.25, 0.3) is 11.2 Å². The highest BCUT2D eigenvalue weighted by Crippen LogP contribution is 2.66. The van der Waals surface area contributed by atoms with Crippen molar-refractivity contribution in [3.05, 3.63) is 36.7 Å². The smallest absolute Gasteiger partial charge is 0.387 e. The number of phosphoric acid groups is 3. The van der Waals surface area contributed by atoms with E-state index >= 15 is 0 Å². The third-order valence-electron chi connectivity index (χ3n) is 4.83. The summed E-state index contributed by atoms with van der Waals surface area (Å²) in [4.78, 5) is 49.3. The number of nitrogen functional groups attached to an aromatic ring is 1. The molecule has 3 heterocycles. The van der Waals surface area contributed by atoms with Crippen LogP contribution in [0.4, 0.5) is 5.82 Å². The minimum absolute atomic E-state index is 0.0286. The van der Waals surface area contributed by atoms with Gasteiger partial charge in [0.2, 0.25) is 0 Å². The lowest BCUT2D eigenvalue weighted by Gasteiger charge is -2.19. The van der Waals surface area contributed by atoms with E-state index in [2.05, 4.69) is 28.1 Å². The van der Waals surface area contributed by atoms with E-state index in [9.17, 15) is 33.7 Å². The van der Waals surface area contributed by atoms with Crippen molar-refractivity contribution < 1.29 is 61.4 Å². The second-order valence-corrected chi connectivity index (χ2v) is 13.0. The number of nitrogens with two attached hydrogens (primary N) is 1. The van der Waals surface area contributed by atoms with Gasteiger partial charge in [0.1, 0.15) is 24.6 Å². The Hall–Kier alpha value is -1.79. The normalized spacial score (nSPS) is 25.3. The molecule has 0 aliphatic carbocycles. The van der Waals surface area contributed by atoms with Crippen LogP contribution in [0.5, 0.6) is 0 Å². The number of hydrogen-bond acceptors (Lipinski definition) is 14. The van der Waals surface area contributed by atoms with E-state index in [-0.39, 0.29) is 22.1 Å². The monoisotopic (exact) mass is 615 g/mol. The lowest BCUT2D eigenvalue weighted by atomic mass is 10.1. The molecule has 1 aliphatic rings. The highest BCUT2D eigenvalue weighted by atomic mass is 32.2.